The first-order valence-electron chi connectivity index (χ1n) is 7.99. The lowest BCUT2D eigenvalue weighted by molar-refractivity contribution is -0.134. The van der Waals surface area contributed by atoms with Crippen LogP contribution in [0.25, 0.3) is 0 Å². The lowest BCUT2D eigenvalue weighted by atomic mass is 9.99. The van der Waals surface area contributed by atoms with E-state index in [0.717, 1.165) is 6.42 Å². The lowest BCUT2D eigenvalue weighted by Gasteiger charge is -2.31. The van der Waals surface area contributed by atoms with Crippen LogP contribution >= 0.6 is 0 Å². The smallest absolute Gasteiger partial charge is 0.223 e. The Morgan fingerprint density at radius 1 is 1.33 bits per heavy atom. The van der Waals surface area contributed by atoms with Gasteiger partial charge in [-0.2, -0.15) is 0 Å². The molecule has 3 nitrogen and oxygen atoms in total. The van der Waals surface area contributed by atoms with Crippen molar-refractivity contribution in [2.75, 3.05) is 0 Å². The SMILES string of the molecule is CC(C1CC1)N(Cc1ccccc1)C(=O)CCC(C)(C)N. The normalized spacial score (nSPS) is 16.6. The van der Waals surface area contributed by atoms with Crippen molar-refractivity contribution in [1.29, 1.82) is 0 Å². The fourth-order valence-corrected chi connectivity index (χ4v) is 2.65. The average molecular weight is 288 g/mol. The van der Waals surface area contributed by atoms with E-state index in [2.05, 4.69) is 24.0 Å². The molecule has 1 aliphatic rings. The van der Waals surface area contributed by atoms with Gasteiger partial charge < -0.3 is 10.6 Å². The number of rotatable bonds is 7. The van der Waals surface area contributed by atoms with Crippen molar-refractivity contribution in [3.8, 4) is 0 Å². The van der Waals surface area contributed by atoms with E-state index >= 15 is 0 Å². The van der Waals surface area contributed by atoms with Crippen LogP contribution in [0.15, 0.2) is 30.3 Å². The first kappa shape index (κ1) is 16.0. The Labute approximate surface area is 128 Å². The Bertz CT molecular complexity index is 460. The Morgan fingerprint density at radius 3 is 2.48 bits per heavy atom. The molecule has 2 N–H and O–H groups in total. The van der Waals surface area contributed by atoms with Crippen molar-refractivity contribution < 1.29 is 4.79 Å². The molecule has 0 spiro atoms. The van der Waals surface area contributed by atoms with Crippen molar-refractivity contribution in [3.05, 3.63) is 35.9 Å². The van der Waals surface area contributed by atoms with Gasteiger partial charge >= 0.3 is 0 Å². The van der Waals surface area contributed by atoms with Gasteiger partial charge in [0.2, 0.25) is 5.91 Å². The summed E-state index contributed by atoms with van der Waals surface area (Å²) in [7, 11) is 0. The Morgan fingerprint density at radius 2 is 1.95 bits per heavy atom. The van der Waals surface area contributed by atoms with Crippen LogP contribution < -0.4 is 5.73 Å². The summed E-state index contributed by atoms with van der Waals surface area (Å²) < 4.78 is 0. The van der Waals surface area contributed by atoms with Crippen molar-refractivity contribution in [2.45, 2.75) is 64.6 Å². The molecule has 0 aromatic heterocycles. The van der Waals surface area contributed by atoms with E-state index in [9.17, 15) is 4.79 Å². The number of carbonyl (C=O) groups excluding carboxylic acids is 1. The predicted molar refractivity (Wildman–Crippen MR) is 86.7 cm³/mol. The number of nitrogens with zero attached hydrogens (tertiary/aromatic N) is 1. The molecule has 1 aromatic rings. The van der Waals surface area contributed by atoms with Gasteiger partial charge in [-0.3, -0.25) is 4.79 Å². The van der Waals surface area contributed by atoms with E-state index in [1.54, 1.807) is 0 Å². The topological polar surface area (TPSA) is 46.3 Å². The fourth-order valence-electron chi connectivity index (χ4n) is 2.65. The zero-order valence-corrected chi connectivity index (χ0v) is 13.5. The second kappa shape index (κ2) is 6.61. The number of benzene rings is 1. The van der Waals surface area contributed by atoms with Gasteiger partial charge in [-0.25, -0.2) is 0 Å². The summed E-state index contributed by atoms with van der Waals surface area (Å²) in [6, 6.07) is 10.6. The molecule has 1 aromatic carbocycles. The van der Waals surface area contributed by atoms with Gasteiger partial charge in [0, 0.05) is 24.5 Å². The third kappa shape index (κ3) is 5.16. The van der Waals surface area contributed by atoms with Gasteiger partial charge in [0.05, 0.1) is 0 Å². The quantitative estimate of drug-likeness (QED) is 0.836. The minimum absolute atomic E-state index is 0.233. The number of hydrogen-bond acceptors (Lipinski definition) is 2. The fraction of sp³-hybridized carbons (Fsp3) is 0.611. The van der Waals surface area contributed by atoms with Crippen LogP contribution in [-0.2, 0) is 11.3 Å². The molecule has 116 valence electrons. The summed E-state index contributed by atoms with van der Waals surface area (Å²) in [4.78, 5) is 14.7. The van der Waals surface area contributed by atoms with Crippen molar-refractivity contribution in [1.82, 2.24) is 4.90 Å². The molecule has 1 aliphatic carbocycles. The highest BCUT2D eigenvalue weighted by molar-refractivity contribution is 5.76. The molecule has 1 fully saturated rings. The molecule has 0 bridgehead atoms. The standard InChI is InChI=1S/C18H28N2O/c1-14(16-9-10-16)20(13-15-7-5-4-6-8-15)17(21)11-12-18(2,3)19/h4-8,14,16H,9-13,19H2,1-3H3. The van der Waals surface area contributed by atoms with E-state index in [1.807, 2.05) is 32.0 Å². The second-order valence-corrected chi connectivity index (χ2v) is 7.07. The molecule has 1 amide bonds. The summed E-state index contributed by atoms with van der Waals surface area (Å²) in [5.74, 6) is 0.917. The van der Waals surface area contributed by atoms with E-state index in [4.69, 9.17) is 5.73 Å². The van der Waals surface area contributed by atoms with Crippen molar-refractivity contribution in [3.63, 3.8) is 0 Å². The largest absolute Gasteiger partial charge is 0.335 e. The van der Waals surface area contributed by atoms with Gasteiger partial charge in [-0.05, 0) is 51.5 Å². The molecule has 1 atom stereocenters. The highest BCUT2D eigenvalue weighted by Gasteiger charge is 2.34. The minimum Gasteiger partial charge on any atom is -0.335 e. The van der Waals surface area contributed by atoms with Crippen LogP contribution in [0.3, 0.4) is 0 Å². The molecule has 0 radical (unpaired) electrons. The number of nitrogens with two attached hydrogens (primary N) is 1. The lowest BCUT2D eigenvalue weighted by Crippen LogP contribution is -2.41. The van der Waals surface area contributed by atoms with Crippen molar-refractivity contribution in [2.24, 2.45) is 11.7 Å². The molecular weight excluding hydrogens is 260 g/mol. The maximum absolute atomic E-state index is 12.6. The number of carbonyl (C=O) groups is 1. The monoisotopic (exact) mass is 288 g/mol. The van der Waals surface area contributed by atoms with Crippen LogP contribution in [0.1, 0.15) is 52.0 Å². The first-order valence-corrected chi connectivity index (χ1v) is 7.99. The van der Waals surface area contributed by atoms with Crippen LogP contribution in [-0.4, -0.2) is 22.4 Å². The Hall–Kier alpha value is -1.35. The molecule has 3 heteroatoms. The van der Waals surface area contributed by atoms with E-state index < -0.39 is 0 Å². The zero-order valence-electron chi connectivity index (χ0n) is 13.5. The van der Waals surface area contributed by atoms with Crippen LogP contribution in [0, 0.1) is 5.92 Å². The summed E-state index contributed by atoms with van der Waals surface area (Å²) in [6.07, 6.45) is 3.77. The summed E-state index contributed by atoms with van der Waals surface area (Å²) in [6.45, 7) is 6.85. The van der Waals surface area contributed by atoms with Crippen LogP contribution in [0.2, 0.25) is 0 Å². The molecule has 21 heavy (non-hydrogen) atoms. The summed E-state index contributed by atoms with van der Waals surface area (Å²) in [5.41, 5.74) is 6.93. The van der Waals surface area contributed by atoms with E-state index in [1.165, 1.54) is 18.4 Å². The highest BCUT2D eigenvalue weighted by Crippen LogP contribution is 2.36. The maximum Gasteiger partial charge on any atom is 0.223 e. The third-order valence-corrected chi connectivity index (χ3v) is 4.30. The first-order chi connectivity index (χ1) is 9.87. The van der Waals surface area contributed by atoms with Gasteiger partial charge in [-0.1, -0.05) is 30.3 Å². The third-order valence-electron chi connectivity index (χ3n) is 4.30. The molecule has 1 saturated carbocycles. The second-order valence-electron chi connectivity index (χ2n) is 7.07. The Kier molecular flexibility index (Phi) is 5.04. The molecule has 0 heterocycles. The van der Waals surface area contributed by atoms with E-state index in [0.29, 0.717) is 24.9 Å². The molecule has 1 unspecified atom stereocenters. The molecule has 0 aliphatic heterocycles. The molecule has 0 saturated heterocycles. The van der Waals surface area contributed by atoms with Crippen molar-refractivity contribution >= 4 is 5.91 Å². The Balaban J connectivity index is 2.03. The average Bonchev–Trinajstić information content (AvgIpc) is 3.26. The van der Waals surface area contributed by atoms with Crippen LogP contribution in [0.4, 0.5) is 0 Å². The van der Waals surface area contributed by atoms with Gasteiger partial charge in [0.25, 0.3) is 0 Å². The predicted octanol–water partition coefficient (Wildman–Crippen LogP) is 3.33. The summed E-state index contributed by atoms with van der Waals surface area (Å²) in [5, 5.41) is 0. The van der Waals surface area contributed by atoms with Gasteiger partial charge in [0.1, 0.15) is 0 Å². The summed E-state index contributed by atoms with van der Waals surface area (Å²) >= 11 is 0. The number of amides is 1. The van der Waals surface area contributed by atoms with E-state index in [-0.39, 0.29) is 11.4 Å². The van der Waals surface area contributed by atoms with Gasteiger partial charge in [-0.15, -0.1) is 0 Å². The number of hydrogen-bond donors (Lipinski definition) is 1. The molecule has 2 rings (SSSR count). The molecular formula is C18H28N2O. The minimum atomic E-state index is -0.281. The highest BCUT2D eigenvalue weighted by atomic mass is 16.2. The van der Waals surface area contributed by atoms with Crippen LogP contribution in [0.5, 0.6) is 0 Å². The zero-order chi connectivity index (χ0) is 15.5. The van der Waals surface area contributed by atoms with Gasteiger partial charge in [0.15, 0.2) is 0 Å². The maximum atomic E-state index is 12.6.